The molecular formula is C53H62ClN9O6S. The summed E-state index contributed by atoms with van der Waals surface area (Å²) in [6.07, 6.45) is 1.02. The summed E-state index contributed by atoms with van der Waals surface area (Å²) in [6, 6.07) is 26.6. The van der Waals surface area contributed by atoms with E-state index < -0.39 is 12.1 Å². The molecule has 2 aliphatic rings. The van der Waals surface area contributed by atoms with E-state index in [-0.39, 0.29) is 24.7 Å². The molecule has 0 aliphatic carbocycles. The lowest BCUT2D eigenvalue weighted by atomic mass is 9.99. The van der Waals surface area contributed by atoms with Gasteiger partial charge in [0.15, 0.2) is 5.82 Å². The van der Waals surface area contributed by atoms with Crippen LogP contribution in [0.1, 0.15) is 86.9 Å². The van der Waals surface area contributed by atoms with Crippen molar-refractivity contribution in [3.63, 3.8) is 0 Å². The highest BCUT2D eigenvalue weighted by Crippen LogP contribution is 2.39. The van der Waals surface area contributed by atoms with Crippen molar-refractivity contribution in [1.29, 1.82) is 0 Å². The average molecular weight is 989 g/mol. The molecule has 0 saturated carbocycles. The Hall–Kier alpha value is -6.33. The number of hydrogen-bond donors (Lipinski definition) is 2. The minimum Gasteiger partial charge on any atom is -0.497 e. The van der Waals surface area contributed by atoms with Crippen molar-refractivity contribution in [1.82, 2.24) is 25.4 Å². The van der Waals surface area contributed by atoms with Gasteiger partial charge in [0.05, 0.1) is 82.3 Å². The first-order valence-electron chi connectivity index (χ1n) is 23.5. The molecule has 2 atom stereocenters. The van der Waals surface area contributed by atoms with Crippen LogP contribution in [0.25, 0.3) is 5.69 Å². The van der Waals surface area contributed by atoms with Crippen LogP contribution in [0, 0.1) is 6.92 Å². The van der Waals surface area contributed by atoms with E-state index in [1.54, 1.807) is 33.0 Å². The second kappa shape index (κ2) is 24.5. The Morgan fingerprint density at radius 1 is 0.743 bits per heavy atom. The van der Waals surface area contributed by atoms with Gasteiger partial charge in [-0.1, -0.05) is 48.4 Å². The fourth-order valence-electron chi connectivity index (χ4n) is 8.45. The maximum absolute atomic E-state index is 13.7. The van der Waals surface area contributed by atoms with Crippen molar-refractivity contribution in [3.8, 4) is 17.2 Å². The van der Waals surface area contributed by atoms with Crippen LogP contribution in [0.2, 0.25) is 5.02 Å². The van der Waals surface area contributed by atoms with Gasteiger partial charge in [-0.25, -0.2) is 0 Å². The quantitative estimate of drug-likeness (QED) is 0.0333. The molecule has 70 heavy (non-hydrogen) atoms. The first kappa shape index (κ1) is 51.5. The number of aryl methyl sites for hydroxylation is 1. The summed E-state index contributed by atoms with van der Waals surface area (Å²) in [5, 5.41) is 15.4. The van der Waals surface area contributed by atoms with Crippen molar-refractivity contribution < 1.29 is 28.5 Å². The normalized spacial score (nSPS) is 16.2. The van der Waals surface area contributed by atoms with E-state index in [2.05, 4.69) is 68.8 Å². The first-order valence-corrected chi connectivity index (χ1v) is 24.9. The second-order valence-corrected chi connectivity index (χ2v) is 18.2. The van der Waals surface area contributed by atoms with Crippen LogP contribution in [-0.2, 0) is 19.1 Å². The van der Waals surface area contributed by atoms with E-state index in [4.69, 9.17) is 40.5 Å². The number of benzodiazepines with no additional fused rings is 1. The molecule has 0 saturated heterocycles. The van der Waals surface area contributed by atoms with Gasteiger partial charge in [0.2, 0.25) is 11.8 Å². The van der Waals surface area contributed by atoms with Crippen LogP contribution in [-0.4, -0.2) is 116 Å². The number of allylic oxidation sites excluding steroid dienone is 1. The zero-order valence-electron chi connectivity index (χ0n) is 41.2. The number of benzene rings is 4. The summed E-state index contributed by atoms with van der Waals surface area (Å²) in [7, 11) is 5.05. The number of anilines is 1. The lowest BCUT2D eigenvalue weighted by Crippen LogP contribution is -2.37. The lowest BCUT2D eigenvalue weighted by Gasteiger charge is -2.31. The minimum atomic E-state index is -0.541. The molecule has 3 heterocycles. The predicted octanol–water partition coefficient (Wildman–Crippen LogP) is 8.75. The van der Waals surface area contributed by atoms with Gasteiger partial charge in [0.1, 0.15) is 29.2 Å². The molecule has 0 fully saturated rings. The van der Waals surface area contributed by atoms with E-state index >= 15 is 0 Å². The Morgan fingerprint density at radius 3 is 1.96 bits per heavy atom. The highest BCUT2D eigenvalue weighted by Gasteiger charge is 2.34. The fraction of sp³-hybridized carbons (Fsp3) is 0.377. The number of nitrogens with zero attached hydrogens (tertiary/aromatic N) is 7. The third-order valence-corrected chi connectivity index (χ3v) is 13.3. The molecule has 4 aromatic carbocycles. The predicted molar refractivity (Wildman–Crippen MR) is 279 cm³/mol. The molecule has 2 N–H and O–H groups in total. The van der Waals surface area contributed by atoms with Gasteiger partial charge >= 0.3 is 0 Å². The maximum atomic E-state index is 13.7. The Bertz CT molecular complexity index is 2770. The van der Waals surface area contributed by atoms with Crippen molar-refractivity contribution in [3.05, 3.63) is 135 Å². The Morgan fingerprint density at radius 2 is 1.33 bits per heavy atom. The average Bonchev–Trinajstić information content (AvgIpc) is 3.62. The van der Waals surface area contributed by atoms with Crippen LogP contribution < -0.4 is 25.0 Å². The molecule has 0 radical (unpaired) electrons. The number of amides is 2. The van der Waals surface area contributed by atoms with Crippen molar-refractivity contribution in [2.75, 3.05) is 71.4 Å². The van der Waals surface area contributed by atoms with Gasteiger partial charge in [0.25, 0.3) is 0 Å². The highest BCUT2D eigenvalue weighted by atomic mass is 35.5. The fourth-order valence-corrected chi connectivity index (χ4v) is 9.34. The van der Waals surface area contributed by atoms with Crippen LogP contribution in [0.3, 0.4) is 0 Å². The molecular weight excluding hydrogens is 926 g/mol. The highest BCUT2D eigenvalue weighted by molar-refractivity contribution is 7.99. The summed E-state index contributed by atoms with van der Waals surface area (Å²) < 4.78 is 25.0. The molecule has 2 unspecified atom stereocenters. The molecule has 15 nitrogen and oxygen atoms in total. The van der Waals surface area contributed by atoms with Gasteiger partial charge in [-0.15, -0.1) is 22.0 Å². The molecule has 368 valence electrons. The van der Waals surface area contributed by atoms with Crippen molar-refractivity contribution >= 4 is 58.1 Å². The number of ether oxygens (including phenoxy) is 4. The van der Waals surface area contributed by atoms with Crippen LogP contribution >= 0.6 is 23.4 Å². The largest absolute Gasteiger partial charge is 0.497 e. The number of carbonyl (C=O) groups is 2. The molecule has 1 aromatic heterocycles. The van der Waals surface area contributed by atoms with Crippen LogP contribution in [0.5, 0.6) is 11.5 Å². The van der Waals surface area contributed by atoms with E-state index in [1.807, 2.05) is 86.0 Å². The number of fused-ring (bicyclic) bond motifs is 4. The van der Waals surface area contributed by atoms with Gasteiger partial charge in [-0.3, -0.25) is 34.0 Å². The first-order chi connectivity index (χ1) is 34.0. The molecule has 17 heteroatoms. The molecule has 2 amide bonds. The number of carbonyl (C=O) groups excluding carboxylic acids is 2. The van der Waals surface area contributed by atoms with Gasteiger partial charge in [-0.05, 0) is 94.8 Å². The number of hydrogen-bond acceptors (Lipinski definition) is 12. The van der Waals surface area contributed by atoms with Crippen molar-refractivity contribution in [2.45, 2.75) is 70.9 Å². The number of halogens is 1. The van der Waals surface area contributed by atoms with Crippen LogP contribution in [0.4, 0.5) is 5.69 Å². The SMILES string of the molecule is CCNC(=O)CC1N=C(c2ccc(SCCOCCOCCNC(=O)CC3N=C(c4ccc(Cl)cc4)c4cc(OC)ccc4N(C(C)=NC)C3=C(C)CC)cc2)c2cc(OC)ccc2-n2c(C)nnc21. The van der Waals surface area contributed by atoms with E-state index in [1.165, 1.54) is 0 Å². The number of aliphatic imine (C=N–C) groups is 3. The van der Waals surface area contributed by atoms with Gasteiger partial charge < -0.3 is 29.6 Å². The smallest absolute Gasteiger partial charge is 0.222 e. The van der Waals surface area contributed by atoms with Crippen LogP contribution in [0.15, 0.2) is 116 Å². The van der Waals surface area contributed by atoms with E-state index in [9.17, 15) is 9.59 Å². The lowest BCUT2D eigenvalue weighted by molar-refractivity contribution is -0.122. The number of rotatable bonds is 20. The summed E-state index contributed by atoms with van der Waals surface area (Å²) in [4.78, 5) is 44.9. The number of aromatic nitrogens is 3. The molecule has 7 rings (SSSR count). The third-order valence-electron chi connectivity index (χ3n) is 12.1. The number of amidine groups is 1. The summed E-state index contributed by atoms with van der Waals surface area (Å²) in [5.74, 6) is 3.99. The zero-order valence-corrected chi connectivity index (χ0v) is 42.7. The van der Waals surface area contributed by atoms with Gasteiger partial charge in [-0.2, -0.15) is 0 Å². The molecule has 0 spiro atoms. The Kier molecular flexibility index (Phi) is 18.0. The Balaban J connectivity index is 0.915. The number of methoxy groups -OCH3 is 2. The number of nitrogens with one attached hydrogen (secondary N) is 2. The number of thioether (sulfide) groups is 1. The summed E-state index contributed by atoms with van der Waals surface area (Å²) in [6.45, 7) is 12.5. The second-order valence-electron chi connectivity index (χ2n) is 16.6. The topological polar surface area (TPSA) is 166 Å². The minimum absolute atomic E-state index is 0.105. The standard InChI is InChI=1S/C53H62ClN9O6S/c1-9-33(3)52-44(58-50(36-11-15-38(54)16-12-36)42-29-39(66-7)17-21-46(42)62(52)34(4)55-6)31-49(65)57-23-24-68-25-26-69-27-28-70-41-19-13-37(14-20-41)51-43-30-40(67-8)18-22-47(43)63-35(5)60-61-53(63)45(59-51)32-48(64)56-10-2/h11-22,29-30,44-45H,9-10,23-28,31-32H2,1-8H3,(H,56,64)(H,57,65). The molecule has 5 aromatic rings. The zero-order chi connectivity index (χ0) is 49.7. The summed E-state index contributed by atoms with van der Waals surface area (Å²) in [5.41, 5.74) is 8.78. The maximum Gasteiger partial charge on any atom is 0.222 e. The molecule has 2 aliphatic heterocycles. The van der Waals surface area contributed by atoms with E-state index in [0.717, 1.165) is 79.2 Å². The Labute approximate surface area is 419 Å². The summed E-state index contributed by atoms with van der Waals surface area (Å²) >= 11 is 8.01. The third kappa shape index (κ3) is 12.2. The van der Waals surface area contributed by atoms with E-state index in [0.29, 0.717) is 67.7 Å². The van der Waals surface area contributed by atoms with Gasteiger partial charge in [0, 0.05) is 63.8 Å². The van der Waals surface area contributed by atoms with Crippen molar-refractivity contribution in [2.24, 2.45) is 15.0 Å². The molecule has 0 bridgehead atoms. The monoisotopic (exact) mass is 987 g/mol.